The molecule has 28 heavy (non-hydrogen) atoms. The van der Waals surface area contributed by atoms with E-state index in [1.165, 1.54) is 6.20 Å². The van der Waals surface area contributed by atoms with Crippen LogP contribution in [0.25, 0.3) is 5.69 Å². The second-order valence-electron chi connectivity index (χ2n) is 6.70. The van der Waals surface area contributed by atoms with Crippen molar-refractivity contribution in [3.63, 3.8) is 0 Å². The third kappa shape index (κ3) is 3.30. The van der Waals surface area contributed by atoms with Crippen LogP contribution in [0.3, 0.4) is 0 Å². The second kappa shape index (κ2) is 7.48. The molecule has 3 aromatic rings. The number of primary amides is 1. The molecule has 1 aliphatic rings. The smallest absolute Gasteiger partial charge is 0.252 e. The largest absolute Gasteiger partial charge is 0.365 e. The average molecular weight is 373 g/mol. The number of hydrogen-bond acceptors (Lipinski definition) is 6. The predicted octanol–water partition coefficient (Wildman–Crippen LogP) is 2.02. The number of para-hydroxylation sites is 1. The molecule has 3 heterocycles. The van der Waals surface area contributed by atoms with Crippen molar-refractivity contribution in [1.82, 2.24) is 19.7 Å². The summed E-state index contributed by atoms with van der Waals surface area (Å²) >= 11 is 0. The molecule has 0 unspecified atom stereocenters. The molecule has 1 aliphatic heterocycles. The normalized spacial score (nSPS) is 16.5. The molecule has 0 aliphatic carbocycles. The van der Waals surface area contributed by atoms with Crippen LogP contribution < -0.4 is 10.6 Å². The molecule has 2 N–H and O–H groups in total. The van der Waals surface area contributed by atoms with Crippen molar-refractivity contribution >= 4 is 11.7 Å². The molecule has 0 bridgehead atoms. The molecule has 8 nitrogen and oxygen atoms in total. The Morgan fingerprint density at radius 2 is 2.00 bits per heavy atom. The fraction of sp³-hybridized carbons (Fsp3) is 0.250. The Hall–Kier alpha value is -3.73. The first-order chi connectivity index (χ1) is 13.7. The van der Waals surface area contributed by atoms with E-state index in [2.05, 4.69) is 21.1 Å². The van der Waals surface area contributed by atoms with Crippen LogP contribution in [0.1, 0.15) is 40.5 Å². The van der Waals surface area contributed by atoms with E-state index in [4.69, 9.17) is 5.73 Å². The van der Waals surface area contributed by atoms with E-state index in [1.54, 1.807) is 17.1 Å². The van der Waals surface area contributed by atoms with Crippen LogP contribution in [-0.2, 0) is 0 Å². The summed E-state index contributed by atoms with van der Waals surface area (Å²) < 4.78 is 1.69. The van der Waals surface area contributed by atoms with Gasteiger partial charge in [-0.2, -0.15) is 10.4 Å². The fourth-order valence-electron chi connectivity index (χ4n) is 3.63. The van der Waals surface area contributed by atoms with Crippen LogP contribution >= 0.6 is 0 Å². The summed E-state index contributed by atoms with van der Waals surface area (Å²) in [6.45, 7) is 1.37. The number of nitrogens with zero attached hydrogens (tertiary/aromatic N) is 6. The minimum absolute atomic E-state index is 0.00904. The zero-order valence-corrected chi connectivity index (χ0v) is 15.2. The van der Waals surface area contributed by atoms with Gasteiger partial charge in [0.1, 0.15) is 6.07 Å². The van der Waals surface area contributed by atoms with Gasteiger partial charge in [0.15, 0.2) is 11.5 Å². The van der Waals surface area contributed by atoms with E-state index in [1.807, 2.05) is 35.2 Å². The highest BCUT2D eigenvalue weighted by molar-refractivity contribution is 5.94. The molecular formula is C20H19N7O. The van der Waals surface area contributed by atoms with Gasteiger partial charge in [-0.05, 0) is 25.0 Å². The van der Waals surface area contributed by atoms with Gasteiger partial charge in [-0.25, -0.2) is 14.6 Å². The minimum atomic E-state index is -0.494. The third-order valence-electron chi connectivity index (χ3n) is 4.92. The summed E-state index contributed by atoms with van der Waals surface area (Å²) in [4.78, 5) is 22.5. The van der Waals surface area contributed by atoms with E-state index < -0.39 is 5.91 Å². The molecule has 1 atom stereocenters. The van der Waals surface area contributed by atoms with E-state index >= 15 is 0 Å². The number of rotatable bonds is 4. The van der Waals surface area contributed by atoms with Crippen molar-refractivity contribution < 1.29 is 4.79 Å². The van der Waals surface area contributed by atoms with Crippen LogP contribution in [0.4, 0.5) is 5.82 Å². The number of anilines is 1. The van der Waals surface area contributed by atoms with Crippen LogP contribution in [-0.4, -0.2) is 38.7 Å². The van der Waals surface area contributed by atoms with Gasteiger partial charge in [-0.3, -0.25) is 4.79 Å². The van der Waals surface area contributed by atoms with E-state index in [0.29, 0.717) is 29.3 Å². The quantitative estimate of drug-likeness (QED) is 0.748. The molecule has 0 spiro atoms. The Labute approximate surface area is 162 Å². The number of amides is 1. The van der Waals surface area contributed by atoms with Crippen molar-refractivity contribution in [3.05, 3.63) is 65.9 Å². The lowest BCUT2D eigenvalue weighted by atomic mass is 9.92. The molecule has 2 aromatic heterocycles. The topological polar surface area (TPSA) is 114 Å². The molecule has 0 radical (unpaired) electrons. The van der Waals surface area contributed by atoms with Crippen molar-refractivity contribution in [3.8, 4) is 11.8 Å². The Balaban J connectivity index is 1.68. The lowest BCUT2D eigenvalue weighted by Gasteiger charge is -2.33. The maximum absolute atomic E-state index is 12.1. The summed E-state index contributed by atoms with van der Waals surface area (Å²) in [5.41, 5.74) is 7.91. The third-order valence-corrected chi connectivity index (χ3v) is 4.92. The highest BCUT2D eigenvalue weighted by Gasteiger charge is 2.29. The first kappa shape index (κ1) is 17.7. The van der Waals surface area contributed by atoms with Gasteiger partial charge in [0.2, 0.25) is 0 Å². The lowest BCUT2D eigenvalue weighted by molar-refractivity contribution is 0.0999. The van der Waals surface area contributed by atoms with Crippen molar-refractivity contribution in [1.29, 1.82) is 5.26 Å². The number of nitriles is 1. The summed E-state index contributed by atoms with van der Waals surface area (Å²) in [6, 6.07) is 11.7. The zero-order chi connectivity index (χ0) is 19.5. The van der Waals surface area contributed by atoms with E-state index in [9.17, 15) is 10.1 Å². The highest BCUT2D eigenvalue weighted by atomic mass is 16.1. The number of benzene rings is 1. The van der Waals surface area contributed by atoms with Gasteiger partial charge in [-0.15, -0.1) is 0 Å². The van der Waals surface area contributed by atoms with Gasteiger partial charge in [0, 0.05) is 37.6 Å². The maximum Gasteiger partial charge on any atom is 0.252 e. The molecule has 8 heteroatoms. The SMILES string of the molecule is N#Cc1nccnc1N1CCC[C@H](c2nn(-c3ccccc3)cc2C(N)=O)C1. The first-order valence-electron chi connectivity index (χ1n) is 9.08. The van der Waals surface area contributed by atoms with E-state index in [0.717, 1.165) is 25.1 Å². The van der Waals surface area contributed by atoms with Crippen LogP contribution in [0.5, 0.6) is 0 Å². The Kier molecular flexibility index (Phi) is 4.72. The molecule has 1 saturated heterocycles. The summed E-state index contributed by atoms with van der Waals surface area (Å²) in [6.07, 6.45) is 6.55. The average Bonchev–Trinajstić information content (AvgIpc) is 3.20. The second-order valence-corrected chi connectivity index (χ2v) is 6.70. The minimum Gasteiger partial charge on any atom is -0.365 e. The van der Waals surface area contributed by atoms with Gasteiger partial charge < -0.3 is 10.6 Å². The maximum atomic E-state index is 12.1. The van der Waals surface area contributed by atoms with Crippen molar-refractivity contribution in [2.45, 2.75) is 18.8 Å². The summed E-state index contributed by atoms with van der Waals surface area (Å²) in [5, 5.41) is 14.0. The first-order valence-corrected chi connectivity index (χ1v) is 9.08. The Morgan fingerprint density at radius 3 is 2.75 bits per heavy atom. The molecule has 1 aromatic carbocycles. The summed E-state index contributed by atoms with van der Waals surface area (Å²) in [5.74, 6) is 0.0825. The van der Waals surface area contributed by atoms with Gasteiger partial charge in [0.05, 0.1) is 16.9 Å². The Morgan fingerprint density at radius 1 is 1.21 bits per heavy atom. The predicted molar refractivity (Wildman–Crippen MR) is 103 cm³/mol. The van der Waals surface area contributed by atoms with Crippen molar-refractivity contribution in [2.24, 2.45) is 5.73 Å². The number of carbonyl (C=O) groups is 1. The number of hydrogen-bond donors (Lipinski definition) is 1. The summed E-state index contributed by atoms with van der Waals surface area (Å²) in [7, 11) is 0. The van der Waals surface area contributed by atoms with Gasteiger partial charge in [0.25, 0.3) is 5.91 Å². The van der Waals surface area contributed by atoms with E-state index in [-0.39, 0.29) is 5.92 Å². The number of aromatic nitrogens is 4. The number of nitrogens with two attached hydrogens (primary N) is 1. The molecule has 1 amide bonds. The molecular weight excluding hydrogens is 354 g/mol. The fourth-order valence-corrected chi connectivity index (χ4v) is 3.63. The molecule has 1 fully saturated rings. The molecule has 140 valence electrons. The monoisotopic (exact) mass is 373 g/mol. The number of piperidine rings is 1. The van der Waals surface area contributed by atoms with Gasteiger partial charge >= 0.3 is 0 Å². The Bertz CT molecular complexity index is 1040. The van der Waals surface area contributed by atoms with Crippen molar-refractivity contribution in [2.75, 3.05) is 18.0 Å². The highest BCUT2D eigenvalue weighted by Crippen LogP contribution is 2.31. The van der Waals surface area contributed by atoms with Crippen LogP contribution in [0.15, 0.2) is 48.9 Å². The number of carbonyl (C=O) groups excluding carboxylic acids is 1. The zero-order valence-electron chi connectivity index (χ0n) is 15.2. The van der Waals surface area contributed by atoms with Gasteiger partial charge in [-0.1, -0.05) is 18.2 Å². The van der Waals surface area contributed by atoms with Crippen LogP contribution in [0.2, 0.25) is 0 Å². The molecule has 0 saturated carbocycles. The molecule has 4 rings (SSSR count). The lowest BCUT2D eigenvalue weighted by Crippen LogP contribution is -2.36. The van der Waals surface area contributed by atoms with Crippen LogP contribution in [0, 0.1) is 11.3 Å². The standard InChI is InChI=1S/C20H19N7O/c21-11-17-20(24-9-8-23-17)26-10-4-5-14(12-26)18-16(19(22)28)13-27(25-18)15-6-2-1-3-7-15/h1-3,6-9,13-14H,4-5,10,12H2,(H2,22,28)/t14-/m0/s1.